The number of likely N-dealkylation sites (N-methyl/N-ethyl adjacent to an activating group) is 2. The molecular formula is C17H28N5O4+. The first-order chi connectivity index (χ1) is 12.3. The molecule has 0 N–H and O–H groups in total. The van der Waals surface area contributed by atoms with Gasteiger partial charge in [0, 0.05) is 34.3 Å². The van der Waals surface area contributed by atoms with Crippen molar-refractivity contribution in [2.24, 2.45) is 4.99 Å². The van der Waals surface area contributed by atoms with Crippen LogP contribution in [0.3, 0.4) is 0 Å². The molecule has 0 bridgehead atoms. The van der Waals surface area contributed by atoms with E-state index in [0.29, 0.717) is 25.5 Å². The third-order valence-electron chi connectivity index (χ3n) is 5.01. The maximum atomic E-state index is 12.7. The highest BCUT2D eigenvalue weighted by atomic mass is 16.5. The largest absolute Gasteiger partial charge is 0.381 e. The second-order valence-corrected chi connectivity index (χ2v) is 7.17. The van der Waals surface area contributed by atoms with Crippen LogP contribution in [0.4, 0.5) is 4.79 Å². The van der Waals surface area contributed by atoms with Gasteiger partial charge in [-0.05, 0) is 18.8 Å². The predicted molar refractivity (Wildman–Crippen MR) is 95.6 cm³/mol. The topological polar surface area (TPSA) is 77.7 Å². The number of nitrogens with zero attached hydrogens (tertiary/aromatic N) is 5. The molecule has 3 amide bonds. The van der Waals surface area contributed by atoms with Crippen LogP contribution in [0.25, 0.3) is 0 Å². The Kier molecular flexibility index (Phi) is 5.40. The number of morpholine rings is 1. The van der Waals surface area contributed by atoms with Crippen LogP contribution < -0.4 is 0 Å². The third-order valence-corrected chi connectivity index (χ3v) is 5.01. The summed E-state index contributed by atoms with van der Waals surface area (Å²) < 4.78 is 13.0. The second-order valence-electron chi connectivity index (χ2n) is 7.17. The number of fused-ring (bicyclic) bond motifs is 1. The van der Waals surface area contributed by atoms with E-state index in [1.807, 2.05) is 4.58 Å². The van der Waals surface area contributed by atoms with Crippen LogP contribution in [0.5, 0.6) is 0 Å². The fourth-order valence-corrected chi connectivity index (χ4v) is 3.84. The molecule has 0 radical (unpaired) electrons. The summed E-state index contributed by atoms with van der Waals surface area (Å²) >= 11 is 0. The van der Waals surface area contributed by atoms with Crippen molar-refractivity contribution in [3.63, 3.8) is 0 Å². The molecule has 3 heterocycles. The van der Waals surface area contributed by atoms with Gasteiger partial charge in [-0.2, -0.15) is 0 Å². The fraction of sp³-hybridized carbons (Fsp3) is 0.765. The molecule has 3 aliphatic heterocycles. The summed E-state index contributed by atoms with van der Waals surface area (Å²) in [6, 6.07) is -0.921. The SMILES string of the molecule is COCC[N+]1=C(CN2CC(C)OC(C)C2)N=C2C1C(=O)N(C)C(=O)N2C. The molecule has 0 spiro atoms. The minimum absolute atomic E-state index is 0.153. The molecule has 2 saturated heterocycles. The summed E-state index contributed by atoms with van der Waals surface area (Å²) in [5, 5.41) is 0. The van der Waals surface area contributed by atoms with Crippen molar-refractivity contribution in [1.29, 1.82) is 0 Å². The van der Waals surface area contributed by atoms with Crippen molar-refractivity contribution in [1.82, 2.24) is 14.7 Å². The number of hydrogen-bond acceptors (Lipinski definition) is 6. The zero-order valence-electron chi connectivity index (χ0n) is 16.1. The minimum Gasteiger partial charge on any atom is -0.381 e. The lowest BCUT2D eigenvalue weighted by atomic mass is 10.1. The zero-order valence-corrected chi connectivity index (χ0v) is 16.1. The van der Waals surface area contributed by atoms with Crippen LogP contribution in [0.1, 0.15) is 13.8 Å². The zero-order chi connectivity index (χ0) is 19.0. The maximum absolute atomic E-state index is 12.7. The van der Waals surface area contributed by atoms with E-state index in [1.54, 1.807) is 14.2 Å². The Hall–Kier alpha value is -1.84. The van der Waals surface area contributed by atoms with Gasteiger partial charge in [0.2, 0.25) is 0 Å². The lowest BCUT2D eigenvalue weighted by molar-refractivity contribution is -0.538. The number of methoxy groups -OCH3 is 1. The van der Waals surface area contributed by atoms with Gasteiger partial charge in [-0.1, -0.05) is 0 Å². The number of amidine groups is 2. The molecule has 3 rings (SSSR count). The van der Waals surface area contributed by atoms with Gasteiger partial charge in [0.25, 0.3) is 17.8 Å². The standard InChI is InChI=1S/C17H28N5O4/c1-11-8-21(9-12(2)26-11)10-13-18-15-14(22(13)6-7-25-5)16(23)20(4)17(24)19(15)3/h11-12,14H,6-10H2,1-5H3/q+1. The molecule has 2 fully saturated rings. The van der Waals surface area contributed by atoms with Crippen LogP contribution in [0, 0.1) is 0 Å². The van der Waals surface area contributed by atoms with E-state index in [0.717, 1.165) is 23.8 Å². The quantitative estimate of drug-likeness (QED) is 0.611. The summed E-state index contributed by atoms with van der Waals surface area (Å²) in [6.45, 7) is 7.37. The van der Waals surface area contributed by atoms with Crippen molar-refractivity contribution in [2.75, 3.05) is 54.0 Å². The number of amides is 3. The molecule has 3 aliphatic rings. The van der Waals surface area contributed by atoms with Gasteiger partial charge in [-0.25, -0.2) is 9.37 Å². The molecule has 9 heteroatoms. The second kappa shape index (κ2) is 7.42. The average Bonchev–Trinajstić information content (AvgIpc) is 2.93. The highest BCUT2D eigenvalue weighted by Gasteiger charge is 2.53. The van der Waals surface area contributed by atoms with Crippen LogP contribution in [-0.4, -0.2) is 115 Å². The summed E-state index contributed by atoms with van der Waals surface area (Å²) in [7, 11) is 4.80. The Morgan fingerprint density at radius 2 is 1.85 bits per heavy atom. The number of carbonyl (C=O) groups excluding carboxylic acids is 2. The first-order valence-electron chi connectivity index (χ1n) is 8.96. The average molecular weight is 366 g/mol. The third kappa shape index (κ3) is 3.38. The van der Waals surface area contributed by atoms with Gasteiger partial charge in [-0.3, -0.25) is 19.5 Å². The van der Waals surface area contributed by atoms with Crippen molar-refractivity contribution in [2.45, 2.75) is 32.1 Å². The van der Waals surface area contributed by atoms with Gasteiger partial charge < -0.3 is 9.47 Å². The Balaban J connectivity index is 1.89. The first-order valence-corrected chi connectivity index (χ1v) is 8.96. The summed E-state index contributed by atoms with van der Waals surface area (Å²) in [6.07, 6.45) is 0.306. The molecule has 9 nitrogen and oxygen atoms in total. The molecule has 3 atom stereocenters. The van der Waals surface area contributed by atoms with Crippen LogP contribution in [-0.2, 0) is 14.3 Å². The van der Waals surface area contributed by atoms with E-state index >= 15 is 0 Å². The summed E-state index contributed by atoms with van der Waals surface area (Å²) in [5.74, 6) is 1.05. The number of hydrogen-bond donors (Lipinski definition) is 0. The molecule has 0 aliphatic carbocycles. The lowest BCUT2D eigenvalue weighted by Crippen LogP contribution is -2.61. The molecular weight excluding hydrogens is 338 g/mol. The number of urea groups is 1. The fourth-order valence-electron chi connectivity index (χ4n) is 3.84. The van der Waals surface area contributed by atoms with Gasteiger partial charge in [0.05, 0.1) is 18.8 Å². The molecule has 0 saturated carbocycles. The van der Waals surface area contributed by atoms with Crippen LogP contribution >= 0.6 is 0 Å². The highest BCUT2D eigenvalue weighted by Crippen LogP contribution is 2.20. The van der Waals surface area contributed by atoms with Crippen LogP contribution in [0.2, 0.25) is 0 Å². The molecule has 3 unspecified atom stereocenters. The van der Waals surface area contributed by atoms with Gasteiger partial charge in [-0.15, -0.1) is 0 Å². The van der Waals surface area contributed by atoms with Crippen molar-refractivity contribution in [3.8, 4) is 0 Å². The monoisotopic (exact) mass is 366 g/mol. The van der Waals surface area contributed by atoms with Crippen molar-refractivity contribution in [3.05, 3.63) is 0 Å². The molecule has 0 aromatic rings. The van der Waals surface area contributed by atoms with E-state index in [2.05, 4.69) is 23.7 Å². The van der Waals surface area contributed by atoms with E-state index < -0.39 is 6.04 Å². The van der Waals surface area contributed by atoms with Crippen molar-refractivity contribution < 1.29 is 23.6 Å². The predicted octanol–water partition coefficient (Wildman–Crippen LogP) is -0.542. The number of aliphatic imine (C=N–C) groups is 1. The number of rotatable bonds is 5. The summed E-state index contributed by atoms with van der Waals surface area (Å²) in [5.41, 5.74) is 0. The van der Waals surface area contributed by atoms with Crippen molar-refractivity contribution >= 4 is 23.6 Å². The number of ether oxygens (including phenoxy) is 2. The van der Waals surface area contributed by atoms with Gasteiger partial charge in [0.1, 0.15) is 13.1 Å². The first kappa shape index (κ1) is 18.9. The molecule has 26 heavy (non-hydrogen) atoms. The Morgan fingerprint density at radius 1 is 1.19 bits per heavy atom. The van der Waals surface area contributed by atoms with Gasteiger partial charge in [0.15, 0.2) is 0 Å². The minimum atomic E-state index is -0.566. The Bertz CT molecular complexity index is 652. The molecule has 144 valence electrons. The number of carbonyl (C=O) groups is 2. The maximum Gasteiger partial charge on any atom is 0.333 e. The van der Waals surface area contributed by atoms with E-state index in [9.17, 15) is 9.59 Å². The smallest absolute Gasteiger partial charge is 0.333 e. The van der Waals surface area contributed by atoms with E-state index in [-0.39, 0.29) is 24.1 Å². The van der Waals surface area contributed by atoms with Gasteiger partial charge >= 0.3 is 11.9 Å². The van der Waals surface area contributed by atoms with E-state index in [4.69, 9.17) is 9.47 Å². The Labute approximate surface area is 153 Å². The number of imide groups is 1. The molecule has 0 aromatic carbocycles. The van der Waals surface area contributed by atoms with Crippen LogP contribution in [0.15, 0.2) is 4.99 Å². The van der Waals surface area contributed by atoms with E-state index in [1.165, 1.54) is 11.9 Å². The Morgan fingerprint density at radius 3 is 2.46 bits per heavy atom. The highest BCUT2D eigenvalue weighted by molar-refractivity contribution is 6.23. The summed E-state index contributed by atoms with van der Waals surface area (Å²) in [4.78, 5) is 34.6. The normalized spacial score (nSPS) is 30.2. The lowest BCUT2D eigenvalue weighted by Gasteiger charge is -2.34. The molecule has 0 aromatic heterocycles.